The lowest BCUT2D eigenvalue weighted by Gasteiger charge is -2.45. The van der Waals surface area contributed by atoms with Gasteiger partial charge < -0.3 is 10.6 Å². The van der Waals surface area contributed by atoms with Crippen molar-refractivity contribution in [2.75, 3.05) is 12.4 Å². The highest BCUT2D eigenvalue weighted by Gasteiger charge is 2.38. The summed E-state index contributed by atoms with van der Waals surface area (Å²) in [5.74, 6) is 0.745. The standard InChI is InChI=1S/C17H27N3O/c1-16(2)8-13(9-17(3,4)11-16)20-15(21)12-6-7-14(18-5)19-10-12/h6-7,10,13H,8-9,11H2,1-5H3,(H,18,19)(H,20,21). The number of carbonyl (C=O) groups is 1. The largest absolute Gasteiger partial charge is 0.373 e. The molecule has 0 spiro atoms. The zero-order valence-electron chi connectivity index (χ0n) is 13.8. The van der Waals surface area contributed by atoms with Crippen molar-refractivity contribution in [2.24, 2.45) is 10.8 Å². The molecule has 116 valence electrons. The topological polar surface area (TPSA) is 54.0 Å². The number of nitrogens with one attached hydrogen (secondary N) is 2. The Kier molecular flexibility index (Phi) is 4.26. The zero-order chi connectivity index (χ0) is 15.7. The molecule has 0 bridgehead atoms. The van der Waals surface area contributed by atoms with E-state index in [0.29, 0.717) is 5.56 Å². The molecular formula is C17H27N3O. The Morgan fingerprint density at radius 3 is 2.29 bits per heavy atom. The third kappa shape index (κ3) is 4.19. The second-order valence-electron chi connectivity index (χ2n) is 7.77. The van der Waals surface area contributed by atoms with Crippen molar-refractivity contribution in [2.45, 2.75) is 53.0 Å². The summed E-state index contributed by atoms with van der Waals surface area (Å²) in [6.45, 7) is 9.15. The fourth-order valence-corrected chi connectivity index (χ4v) is 3.89. The number of pyridine rings is 1. The van der Waals surface area contributed by atoms with Gasteiger partial charge in [-0.1, -0.05) is 27.7 Å². The van der Waals surface area contributed by atoms with E-state index in [9.17, 15) is 4.79 Å². The highest BCUT2D eigenvalue weighted by molar-refractivity contribution is 5.94. The maximum atomic E-state index is 12.4. The average molecular weight is 289 g/mol. The first-order valence-electron chi connectivity index (χ1n) is 7.65. The van der Waals surface area contributed by atoms with Crippen LogP contribution in [0.15, 0.2) is 18.3 Å². The van der Waals surface area contributed by atoms with Crippen molar-refractivity contribution in [1.29, 1.82) is 0 Å². The van der Waals surface area contributed by atoms with Gasteiger partial charge in [0, 0.05) is 19.3 Å². The Morgan fingerprint density at radius 2 is 1.81 bits per heavy atom. The summed E-state index contributed by atoms with van der Waals surface area (Å²) in [6.07, 6.45) is 4.89. The minimum Gasteiger partial charge on any atom is -0.373 e. The molecule has 1 aromatic heterocycles. The lowest BCUT2D eigenvalue weighted by Crippen LogP contribution is -2.46. The Balaban J connectivity index is 2.04. The van der Waals surface area contributed by atoms with Crippen LogP contribution in [0.1, 0.15) is 57.3 Å². The number of aromatic nitrogens is 1. The molecule has 2 N–H and O–H groups in total. The first-order chi connectivity index (χ1) is 9.71. The molecule has 21 heavy (non-hydrogen) atoms. The lowest BCUT2D eigenvalue weighted by molar-refractivity contribution is 0.0713. The van der Waals surface area contributed by atoms with E-state index < -0.39 is 0 Å². The molecule has 0 aromatic carbocycles. The van der Waals surface area contributed by atoms with Crippen LogP contribution in [0.5, 0.6) is 0 Å². The van der Waals surface area contributed by atoms with Gasteiger partial charge in [0.25, 0.3) is 5.91 Å². The van der Waals surface area contributed by atoms with Crippen LogP contribution >= 0.6 is 0 Å². The Hall–Kier alpha value is -1.58. The molecule has 1 heterocycles. The van der Waals surface area contributed by atoms with E-state index in [-0.39, 0.29) is 22.8 Å². The van der Waals surface area contributed by atoms with Gasteiger partial charge in [0.2, 0.25) is 0 Å². The predicted octanol–water partition coefficient (Wildman–Crippen LogP) is 3.46. The van der Waals surface area contributed by atoms with E-state index in [1.54, 1.807) is 6.20 Å². The molecule has 1 aliphatic carbocycles. The molecule has 0 atom stereocenters. The van der Waals surface area contributed by atoms with Crippen molar-refractivity contribution in [3.8, 4) is 0 Å². The minimum absolute atomic E-state index is 0.0244. The molecule has 1 saturated carbocycles. The zero-order valence-corrected chi connectivity index (χ0v) is 13.8. The van der Waals surface area contributed by atoms with Crippen LogP contribution < -0.4 is 10.6 Å². The Bertz CT molecular complexity index is 489. The molecule has 1 aromatic rings. The quantitative estimate of drug-likeness (QED) is 0.896. The Morgan fingerprint density at radius 1 is 1.19 bits per heavy atom. The van der Waals surface area contributed by atoms with Crippen LogP contribution in [0.2, 0.25) is 0 Å². The number of nitrogens with zero attached hydrogens (tertiary/aromatic N) is 1. The third-order valence-electron chi connectivity index (χ3n) is 4.17. The highest BCUT2D eigenvalue weighted by atomic mass is 16.1. The molecule has 2 rings (SSSR count). The van der Waals surface area contributed by atoms with Crippen LogP contribution in [-0.2, 0) is 0 Å². The number of hydrogen-bond acceptors (Lipinski definition) is 3. The van der Waals surface area contributed by atoms with Crippen LogP contribution in [0, 0.1) is 10.8 Å². The smallest absolute Gasteiger partial charge is 0.253 e. The average Bonchev–Trinajstić information content (AvgIpc) is 2.35. The summed E-state index contributed by atoms with van der Waals surface area (Å²) in [5.41, 5.74) is 1.16. The van der Waals surface area contributed by atoms with Gasteiger partial charge in [-0.25, -0.2) is 4.98 Å². The van der Waals surface area contributed by atoms with Gasteiger partial charge in [-0.3, -0.25) is 4.79 Å². The van der Waals surface area contributed by atoms with Crippen LogP contribution in [-0.4, -0.2) is 24.0 Å². The van der Waals surface area contributed by atoms with E-state index in [1.807, 2.05) is 19.2 Å². The van der Waals surface area contributed by atoms with Gasteiger partial charge in [-0.05, 0) is 42.2 Å². The van der Waals surface area contributed by atoms with Crippen LogP contribution in [0.3, 0.4) is 0 Å². The number of anilines is 1. The van der Waals surface area contributed by atoms with Crippen molar-refractivity contribution >= 4 is 11.7 Å². The summed E-state index contributed by atoms with van der Waals surface area (Å²) in [4.78, 5) is 16.6. The Labute approximate surface area is 127 Å². The first kappa shape index (κ1) is 15.8. The molecule has 4 nitrogen and oxygen atoms in total. The molecule has 0 unspecified atom stereocenters. The minimum atomic E-state index is -0.0244. The fraction of sp³-hybridized carbons (Fsp3) is 0.647. The van der Waals surface area contributed by atoms with E-state index in [2.05, 4.69) is 43.3 Å². The third-order valence-corrected chi connectivity index (χ3v) is 4.17. The lowest BCUT2D eigenvalue weighted by atomic mass is 9.63. The van der Waals surface area contributed by atoms with Crippen LogP contribution in [0.25, 0.3) is 0 Å². The molecule has 4 heteroatoms. The number of rotatable bonds is 3. The molecule has 0 aliphatic heterocycles. The monoisotopic (exact) mass is 289 g/mol. The molecule has 1 amide bonds. The van der Waals surface area contributed by atoms with Gasteiger partial charge in [0.05, 0.1) is 5.56 Å². The van der Waals surface area contributed by atoms with Gasteiger partial charge in [-0.2, -0.15) is 0 Å². The first-order valence-corrected chi connectivity index (χ1v) is 7.65. The van der Waals surface area contributed by atoms with E-state index in [0.717, 1.165) is 18.7 Å². The normalized spacial score (nSPS) is 20.8. The summed E-state index contributed by atoms with van der Waals surface area (Å²) in [7, 11) is 1.81. The highest BCUT2D eigenvalue weighted by Crippen LogP contribution is 2.45. The summed E-state index contributed by atoms with van der Waals surface area (Å²) >= 11 is 0. The van der Waals surface area contributed by atoms with Crippen molar-refractivity contribution in [1.82, 2.24) is 10.3 Å². The number of hydrogen-bond donors (Lipinski definition) is 2. The van der Waals surface area contributed by atoms with E-state index in [4.69, 9.17) is 0 Å². The number of carbonyl (C=O) groups excluding carboxylic acids is 1. The van der Waals surface area contributed by atoms with Gasteiger partial charge in [-0.15, -0.1) is 0 Å². The van der Waals surface area contributed by atoms with Crippen molar-refractivity contribution in [3.63, 3.8) is 0 Å². The fourth-order valence-electron chi connectivity index (χ4n) is 3.89. The molecular weight excluding hydrogens is 262 g/mol. The summed E-state index contributed by atoms with van der Waals surface area (Å²) in [6, 6.07) is 3.87. The van der Waals surface area contributed by atoms with Gasteiger partial charge >= 0.3 is 0 Å². The summed E-state index contributed by atoms with van der Waals surface area (Å²) < 4.78 is 0. The molecule has 0 saturated heterocycles. The predicted molar refractivity (Wildman–Crippen MR) is 86.5 cm³/mol. The van der Waals surface area contributed by atoms with Crippen molar-refractivity contribution in [3.05, 3.63) is 23.9 Å². The van der Waals surface area contributed by atoms with E-state index >= 15 is 0 Å². The second kappa shape index (κ2) is 5.66. The maximum Gasteiger partial charge on any atom is 0.253 e. The van der Waals surface area contributed by atoms with Crippen molar-refractivity contribution < 1.29 is 4.79 Å². The van der Waals surface area contributed by atoms with Gasteiger partial charge in [0.1, 0.15) is 5.82 Å². The van der Waals surface area contributed by atoms with E-state index in [1.165, 1.54) is 6.42 Å². The van der Waals surface area contributed by atoms with Gasteiger partial charge in [0.15, 0.2) is 0 Å². The molecule has 1 fully saturated rings. The second-order valence-corrected chi connectivity index (χ2v) is 7.77. The maximum absolute atomic E-state index is 12.4. The SMILES string of the molecule is CNc1ccc(C(=O)NC2CC(C)(C)CC(C)(C)C2)cn1. The van der Waals surface area contributed by atoms with Crippen LogP contribution in [0.4, 0.5) is 5.82 Å². The molecule has 0 radical (unpaired) electrons. The molecule has 1 aliphatic rings. The summed E-state index contributed by atoms with van der Waals surface area (Å²) in [5, 5.41) is 6.14. The number of amides is 1.